The van der Waals surface area contributed by atoms with Gasteiger partial charge in [0.15, 0.2) is 0 Å². The molecule has 3 N–H and O–H groups in total. The van der Waals surface area contributed by atoms with Crippen LogP contribution in [0.15, 0.2) is 17.5 Å². The third-order valence-electron chi connectivity index (χ3n) is 1.87. The number of aryl methyl sites for hydroxylation is 1. The van der Waals surface area contributed by atoms with Crippen LogP contribution in [0.2, 0.25) is 0 Å². The third-order valence-corrected chi connectivity index (χ3v) is 2.81. The summed E-state index contributed by atoms with van der Waals surface area (Å²) in [4.78, 5) is 12.5. The summed E-state index contributed by atoms with van der Waals surface area (Å²) in [7, 11) is 0. The van der Waals surface area contributed by atoms with E-state index >= 15 is 0 Å². The first-order valence-corrected chi connectivity index (χ1v) is 5.70. The zero-order chi connectivity index (χ0) is 10.2. The zero-order valence-electron chi connectivity index (χ0n) is 8.16. The lowest BCUT2D eigenvalue weighted by Crippen LogP contribution is -2.28. The van der Waals surface area contributed by atoms with Gasteiger partial charge in [-0.15, -0.1) is 11.3 Å². The summed E-state index contributed by atoms with van der Waals surface area (Å²) >= 11 is 1.74. The van der Waals surface area contributed by atoms with Crippen molar-refractivity contribution in [2.24, 2.45) is 5.73 Å². The number of carbonyl (C=O) groups excluding carboxylic acids is 1. The standard InChI is InChI=1S/C10H16N2OS/c11-6-7-12-10(13)5-1-3-9-4-2-8-14-9/h2,4,8H,1,3,5-7,11H2,(H,12,13). The maximum Gasteiger partial charge on any atom is 0.220 e. The first kappa shape index (κ1) is 11.2. The van der Waals surface area contributed by atoms with E-state index in [9.17, 15) is 4.79 Å². The van der Waals surface area contributed by atoms with Crippen molar-refractivity contribution in [2.75, 3.05) is 13.1 Å². The van der Waals surface area contributed by atoms with Gasteiger partial charge in [-0.1, -0.05) is 6.07 Å². The molecule has 4 heteroatoms. The van der Waals surface area contributed by atoms with Crippen LogP contribution in [0.5, 0.6) is 0 Å². The second-order valence-electron chi connectivity index (χ2n) is 3.07. The van der Waals surface area contributed by atoms with Crippen LogP contribution >= 0.6 is 11.3 Å². The first-order valence-electron chi connectivity index (χ1n) is 4.82. The molecule has 0 aliphatic carbocycles. The molecule has 78 valence electrons. The van der Waals surface area contributed by atoms with Gasteiger partial charge in [-0.3, -0.25) is 4.79 Å². The minimum absolute atomic E-state index is 0.104. The van der Waals surface area contributed by atoms with Gasteiger partial charge < -0.3 is 11.1 Å². The number of hydrogen-bond acceptors (Lipinski definition) is 3. The Labute approximate surface area is 88.3 Å². The van der Waals surface area contributed by atoms with Crippen molar-refractivity contribution in [3.8, 4) is 0 Å². The molecular weight excluding hydrogens is 196 g/mol. The predicted octanol–water partition coefficient (Wildman–Crippen LogP) is 1.15. The van der Waals surface area contributed by atoms with Crippen LogP contribution in [-0.2, 0) is 11.2 Å². The van der Waals surface area contributed by atoms with Crippen LogP contribution in [0.4, 0.5) is 0 Å². The highest BCUT2D eigenvalue weighted by Crippen LogP contribution is 2.11. The van der Waals surface area contributed by atoms with Gasteiger partial charge in [-0.2, -0.15) is 0 Å². The van der Waals surface area contributed by atoms with Gasteiger partial charge in [-0.05, 0) is 24.3 Å². The molecule has 1 aromatic rings. The van der Waals surface area contributed by atoms with Crippen molar-refractivity contribution < 1.29 is 4.79 Å². The van der Waals surface area contributed by atoms with Crippen LogP contribution in [0.3, 0.4) is 0 Å². The monoisotopic (exact) mass is 212 g/mol. The van der Waals surface area contributed by atoms with E-state index in [1.165, 1.54) is 4.88 Å². The van der Waals surface area contributed by atoms with Crippen LogP contribution in [0, 0.1) is 0 Å². The van der Waals surface area contributed by atoms with Crippen LogP contribution in [0.25, 0.3) is 0 Å². The number of nitrogens with one attached hydrogen (secondary N) is 1. The largest absolute Gasteiger partial charge is 0.355 e. The first-order chi connectivity index (χ1) is 6.83. The van der Waals surface area contributed by atoms with E-state index in [1.807, 2.05) is 6.07 Å². The van der Waals surface area contributed by atoms with Gasteiger partial charge in [0, 0.05) is 24.4 Å². The van der Waals surface area contributed by atoms with Gasteiger partial charge in [0.25, 0.3) is 0 Å². The van der Waals surface area contributed by atoms with E-state index in [-0.39, 0.29) is 5.91 Å². The summed E-state index contributed by atoms with van der Waals surface area (Å²) in [5, 5.41) is 4.81. The maximum atomic E-state index is 11.2. The Hall–Kier alpha value is -0.870. The van der Waals surface area contributed by atoms with Crippen LogP contribution in [-0.4, -0.2) is 19.0 Å². The molecule has 0 unspecified atom stereocenters. The molecule has 0 saturated carbocycles. The van der Waals surface area contributed by atoms with E-state index < -0.39 is 0 Å². The van der Waals surface area contributed by atoms with Crippen molar-refractivity contribution in [3.05, 3.63) is 22.4 Å². The molecule has 1 aromatic heterocycles. The Balaban J connectivity index is 2.06. The third kappa shape index (κ3) is 4.39. The van der Waals surface area contributed by atoms with E-state index in [2.05, 4.69) is 16.8 Å². The molecule has 1 rings (SSSR count). The minimum Gasteiger partial charge on any atom is -0.355 e. The highest BCUT2D eigenvalue weighted by atomic mass is 32.1. The highest BCUT2D eigenvalue weighted by molar-refractivity contribution is 7.09. The number of thiophene rings is 1. The fourth-order valence-electron chi connectivity index (χ4n) is 1.18. The molecule has 0 atom stereocenters. The minimum atomic E-state index is 0.104. The zero-order valence-corrected chi connectivity index (χ0v) is 8.98. The normalized spacial score (nSPS) is 10.1. The fraction of sp³-hybridized carbons (Fsp3) is 0.500. The molecule has 1 heterocycles. The number of nitrogens with two attached hydrogens (primary N) is 1. The van der Waals surface area contributed by atoms with Crippen LogP contribution in [0.1, 0.15) is 17.7 Å². The van der Waals surface area contributed by atoms with E-state index in [0.29, 0.717) is 19.5 Å². The van der Waals surface area contributed by atoms with Crippen molar-refractivity contribution >= 4 is 17.2 Å². The molecule has 0 bridgehead atoms. The molecular formula is C10H16N2OS. The lowest BCUT2D eigenvalue weighted by atomic mass is 10.2. The van der Waals surface area contributed by atoms with Gasteiger partial charge in [0.2, 0.25) is 5.91 Å². The van der Waals surface area contributed by atoms with Gasteiger partial charge in [0.1, 0.15) is 0 Å². The summed E-state index contributed by atoms with van der Waals surface area (Å²) in [5.74, 6) is 0.104. The number of carbonyl (C=O) groups is 1. The molecule has 0 saturated heterocycles. The predicted molar refractivity (Wildman–Crippen MR) is 59.3 cm³/mol. The maximum absolute atomic E-state index is 11.2. The summed E-state index contributed by atoms with van der Waals surface area (Å²) in [6.07, 6.45) is 2.50. The lowest BCUT2D eigenvalue weighted by Gasteiger charge is -2.02. The highest BCUT2D eigenvalue weighted by Gasteiger charge is 2.00. The quantitative estimate of drug-likeness (QED) is 0.743. The molecule has 0 aliphatic rings. The van der Waals surface area contributed by atoms with Crippen LogP contribution < -0.4 is 11.1 Å². The molecule has 0 aromatic carbocycles. The van der Waals surface area contributed by atoms with Crippen molar-refractivity contribution in [1.82, 2.24) is 5.32 Å². The van der Waals surface area contributed by atoms with Crippen molar-refractivity contribution in [3.63, 3.8) is 0 Å². The second-order valence-corrected chi connectivity index (χ2v) is 4.10. The Morgan fingerprint density at radius 3 is 3.07 bits per heavy atom. The summed E-state index contributed by atoms with van der Waals surface area (Å²) in [6, 6.07) is 4.14. The Morgan fingerprint density at radius 2 is 2.43 bits per heavy atom. The second kappa shape index (κ2) is 6.56. The fourth-order valence-corrected chi connectivity index (χ4v) is 1.93. The molecule has 3 nitrogen and oxygen atoms in total. The van der Waals surface area contributed by atoms with Gasteiger partial charge in [-0.25, -0.2) is 0 Å². The Bertz CT molecular complexity index is 259. The van der Waals surface area contributed by atoms with E-state index in [4.69, 9.17) is 5.73 Å². The Morgan fingerprint density at radius 1 is 1.57 bits per heavy atom. The lowest BCUT2D eigenvalue weighted by molar-refractivity contribution is -0.121. The topological polar surface area (TPSA) is 55.1 Å². The van der Waals surface area contributed by atoms with Gasteiger partial charge >= 0.3 is 0 Å². The number of amides is 1. The summed E-state index contributed by atoms with van der Waals surface area (Å²) in [5.41, 5.74) is 5.27. The smallest absolute Gasteiger partial charge is 0.220 e. The summed E-state index contributed by atoms with van der Waals surface area (Å²) < 4.78 is 0. The average molecular weight is 212 g/mol. The molecule has 0 radical (unpaired) electrons. The summed E-state index contributed by atoms with van der Waals surface area (Å²) in [6.45, 7) is 1.09. The average Bonchev–Trinajstić information content (AvgIpc) is 2.67. The molecule has 14 heavy (non-hydrogen) atoms. The van der Waals surface area contributed by atoms with Crippen molar-refractivity contribution in [2.45, 2.75) is 19.3 Å². The molecule has 1 amide bonds. The van der Waals surface area contributed by atoms with Gasteiger partial charge in [0.05, 0.1) is 0 Å². The number of rotatable bonds is 6. The van der Waals surface area contributed by atoms with E-state index in [1.54, 1.807) is 11.3 Å². The molecule has 0 fully saturated rings. The molecule has 0 spiro atoms. The SMILES string of the molecule is NCCNC(=O)CCCc1cccs1. The Kier molecular flexibility index (Phi) is 5.25. The van der Waals surface area contributed by atoms with E-state index in [0.717, 1.165) is 12.8 Å². The molecule has 0 aliphatic heterocycles. The number of hydrogen-bond donors (Lipinski definition) is 2. The van der Waals surface area contributed by atoms with Crippen molar-refractivity contribution in [1.29, 1.82) is 0 Å².